The maximum atomic E-state index is 15.9. The number of carbonyl (C=O) groups is 1. The number of piperazine rings is 1. The first-order valence-corrected chi connectivity index (χ1v) is 12.3. The summed E-state index contributed by atoms with van der Waals surface area (Å²) in [6, 6.07) is 8.03. The number of fused-ring (bicyclic) bond motifs is 2. The molecule has 1 amide bonds. The Kier molecular flexibility index (Phi) is 6.27. The largest absolute Gasteiger partial charge is 0.444 e. The van der Waals surface area contributed by atoms with Crippen LogP contribution < -0.4 is 10.6 Å². The van der Waals surface area contributed by atoms with Gasteiger partial charge in [-0.15, -0.1) is 0 Å². The number of nitrogens with two attached hydrogens (primary N) is 1. The second kappa shape index (κ2) is 9.30. The molecule has 0 aliphatic carbocycles. The third kappa shape index (κ3) is 4.59. The molecule has 0 bridgehead atoms. The number of hydrogen-bond acceptors (Lipinski definition) is 6. The maximum absolute atomic E-state index is 15.9. The number of aromatic nitrogens is 2. The minimum absolute atomic E-state index is 0.0172. The normalized spacial score (nSPS) is 14.4. The third-order valence-electron chi connectivity index (χ3n) is 6.29. The van der Waals surface area contributed by atoms with Crippen molar-refractivity contribution in [2.45, 2.75) is 26.4 Å². The summed E-state index contributed by atoms with van der Waals surface area (Å²) in [6.45, 7) is 7.27. The number of nitrogens with zero attached hydrogens (tertiary/aromatic N) is 4. The van der Waals surface area contributed by atoms with Crippen molar-refractivity contribution in [1.29, 1.82) is 0 Å². The van der Waals surface area contributed by atoms with Crippen molar-refractivity contribution in [2.75, 3.05) is 36.8 Å². The van der Waals surface area contributed by atoms with Gasteiger partial charge in [0.2, 0.25) is 0 Å². The molecule has 2 aromatic heterocycles. The first-order chi connectivity index (χ1) is 17.5. The van der Waals surface area contributed by atoms with E-state index < -0.39 is 17.2 Å². The van der Waals surface area contributed by atoms with E-state index >= 15 is 4.39 Å². The van der Waals surface area contributed by atoms with Crippen LogP contribution in [0, 0.1) is 11.6 Å². The first kappa shape index (κ1) is 25.0. The van der Waals surface area contributed by atoms with Crippen LogP contribution in [0.25, 0.3) is 32.9 Å². The molecule has 0 atom stereocenters. The van der Waals surface area contributed by atoms with E-state index in [0.717, 1.165) is 0 Å². The van der Waals surface area contributed by atoms with Crippen LogP contribution in [0.2, 0.25) is 5.02 Å². The van der Waals surface area contributed by atoms with Crippen molar-refractivity contribution in [1.82, 2.24) is 14.9 Å². The molecule has 2 N–H and O–H groups in total. The van der Waals surface area contributed by atoms with Gasteiger partial charge in [0, 0.05) is 48.7 Å². The SMILES string of the molecule is CC(C)(C)OC(=O)N1CCN(c2c(N)cnc3c(F)c(-c4cccc5ccc(F)c(Cl)c45)ncc23)CC1. The minimum atomic E-state index is -0.654. The predicted octanol–water partition coefficient (Wildman–Crippen LogP) is 6.02. The first-order valence-electron chi connectivity index (χ1n) is 11.9. The Morgan fingerprint density at radius 2 is 1.78 bits per heavy atom. The topological polar surface area (TPSA) is 84.6 Å². The number of benzene rings is 2. The van der Waals surface area contributed by atoms with Crippen LogP contribution in [0.3, 0.4) is 0 Å². The quantitative estimate of drug-likeness (QED) is 0.344. The Morgan fingerprint density at radius 3 is 2.49 bits per heavy atom. The monoisotopic (exact) mass is 525 g/mol. The summed E-state index contributed by atoms with van der Waals surface area (Å²) >= 11 is 6.27. The molecule has 192 valence electrons. The van der Waals surface area contributed by atoms with Gasteiger partial charge >= 0.3 is 6.09 Å². The third-order valence-corrected chi connectivity index (χ3v) is 6.66. The number of pyridine rings is 2. The van der Waals surface area contributed by atoms with Gasteiger partial charge in [-0.3, -0.25) is 9.97 Å². The van der Waals surface area contributed by atoms with E-state index in [1.165, 1.54) is 18.5 Å². The average molecular weight is 526 g/mol. The molecule has 1 fully saturated rings. The summed E-state index contributed by atoms with van der Waals surface area (Å²) in [5, 5.41) is 1.40. The molecular weight excluding hydrogens is 500 g/mol. The van der Waals surface area contributed by atoms with Crippen LogP contribution in [0.15, 0.2) is 42.7 Å². The lowest BCUT2D eigenvalue weighted by Gasteiger charge is -2.37. The molecule has 1 saturated heterocycles. The zero-order valence-corrected chi connectivity index (χ0v) is 21.4. The van der Waals surface area contributed by atoms with Gasteiger partial charge in [0.15, 0.2) is 5.82 Å². The summed E-state index contributed by atoms with van der Waals surface area (Å²) in [5.74, 6) is -1.25. The van der Waals surface area contributed by atoms with Gasteiger partial charge in [-0.05, 0) is 32.2 Å². The highest BCUT2D eigenvalue weighted by molar-refractivity contribution is 6.36. The number of amides is 1. The smallest absolute Gasteiger partial charge is 0.410 e. The molecule has 5 rings (SSSR count). The summed E-state index contributed by atoms with van der Waals surface area (Å²) in [5.41, 5.74) is 7.16. The highest BCUT2D eigenvalue weighted by Crippen LogP contribution is 2.39. The number of rotatable bonds is 2. The van der Waals surface area contributed by atoms with Crippen molar-refractivity contribution < 1.29 is 18.3 Å². The van der Waals surface area contributed by atoms with Gasteiger partial charge in [-0.2, -0.15) is 0 Å². The maximum Gasteiger partial charge on any atom is 0.410 e. The van der Waals surface area contributed by atoms with Crippen LogP contribution in [0.4, 0.5) is 25.0 Å². The molecule has 1 aliphatic heterocycles. The minimum Gasteiger partial charge on any atom is -0.444 e. The number of hydrogen-bond donors (Lipinski definition) is 1. The fourth-order valence-electron chi connectivity index (χ4n) is 4.61. The lowest BCUT2D eigenvalue weighted by atomic mass is 10.00. The van der Waals surface area contributed by atoms with Crippen LogP contribution in [-0.2, 0) is 4.74 Å². The Morgan fingerprint density at radius 1 is 1.05 bits per heavy atom. The average Bonchev–Trinajstić information content (AvgIpc) is 2.85. The lowest BCUT2D eigenvalue weighted by molar-refractivity contribution is 0.0241. The van der Waals surface area contributed by atoms with Gasteiger partial charge in [0.05, 0.1) is 22.6 Å². The van der Waals surface area contributed by atoms with E-state index in [1.54, 1.807) is 29.2 Å². The zero-order chi connectivity index (χ0) is 26.5. The van der Waals surface area contributed by atoms with Gasteiger partial charge in [0.25, 0.3) is 0 Å². The summed E-state index contributed by atoms with van der Waals surface area (Å²) < 4.78 is 35.6. The molecule has 4 aromatic rings. The van der Waals surface area contributed by atoms with Crippen LogP contribution in [0.5, 0.6) is 0 Å². The van der Waals surface area contributed by atoms with E-state index in [4.69, 9.17) is 22.1 Å². The Hall–Kier alpha value is -3.72. The number of carbonyl (C=O) groups excluding carboxylic acids is 1. The predicted molar refractivity (Wildman–Crippen MR) is 142 cm³/mol. The fraction of sp³-hybridized carbons (Fsp3) is 0.296. The number of halogens is 3. The van der Waals surface area contributed by atoms with Crippen molar-refractivity contribution in [2.24, 2.45) is 0 Å². The number of anilines is 2. The molecular formula is C27H26ClF2N5O2. The summed E-state index contributed by atoms with van der Waals surface area (Å²) in [7, 11) is 0. The molecule has 0 unspecified atom stereocenters. The van der Waals surface area contributed by atoms with E-state index in [0.29, 0.717) is 59.3 Å². The van der Waals surface area contributed by atoms with Gasteiger partial charge < -0.3 is 20.3 Å². The van der Waals surface area contributed by atoms with E-state index in [2.05, 4.69) is 9.97 Å². The Labute approximate surface area is 217 Å². The molecule has 1 aliphatic rings. The lowest BCUT2D eigenvalue weighted by Crippen LogP contribution is -2.50. The second-order valence-corrected chi connectivity index (χ2v) is 10.3. The van der Waals surface area contributed by atoms with Crippen molar-refractivity contribution in [3.05, 3.63) is 59.4 Å². The molecule has 0 spiro atoms. The summed E-state index contributed by atoms with van der Waals surface area (Å²) in [6.07, 6.45) is 2.57. The van der Waals surface area contributed by atoms with Crippen LogP contribution in [0.1, 0.15) is 20.8 Å². The van der Waals surface area contributed by atoms with Gasteiger partial charge in [-0.25, -0.2) is 13.6 Å². The Bertz CT molecular complexity index is 1530. The van der Waals surface area contributed by atoms with Crippen LogP contribution >= 0.6 is 11.6 Å². The molecule has 0 saturated carbocycles. The van der Waals surface area contributed by atoms with Crippen molar-refractivity contribution >= 4 is 50.7 Å². The van der Waals surface area contributed by atoms with Gasteiger partial charge in [-0.1, -0.05) is 35.9 Å². The van der Waals surface area contributed by atoms with E-state index in [-0.39, 0.29) is 22.3 Å². The number of ether oxygens (including phenoxy) is 1. The number of nitrogen functional groups attached to an aromatic ring is 1. The summed E-state index contributed by atoms with van der Waals surface area (Å²) in [4.78, 5) is 24.8. The molecule has 10 heteroatoms. The molecule has 2 aromatic carbocycles. The molecule has 37 heavy (non-hydrogen) atoms. The zero-order valence-electron chi connectivity index (χ0n) is 20.7. The van der Waals surface area contributed by atoms with Crippen molar-refractivity contribution in [3.8, 4) is 11.3 Å². The van der Waals surface area contributed by atoms with Crippen LogP contribution in [-0.4, -0.2) is 52.7 Å². The Balaban J connectivity index is 1.52. The molecule has 3 heterocycles. The highest BCUT2D eigenvalue weighted by atomic mass is 35.5. The van der Waals surface area contributed by atoms with Crippen molar-refractivity contribution in [3.63, 3.8) is 0 Å². The second-order valence-electron chi connectivity index (χ2n) is 9.96. The standard InChI is InChI=1S/C27H26ClF2N5O2/c1-27(2,3)37-26(36)35-11-9-34(10-12-35)25-17-13-32-23(22(30)24(17)33-14-19(25)31)16-6-4-5-15-7-8-18(29)21(28)20(15)16/h4-8,13-14H,9-12,31H2,1-3H3. The highest BCUT2D eigenvalue weighted by Gasteiger charge is 2.28. The van der Waals surface area contributed by atoms with E-state index in [1.807, 2.05) is 25.7 Å². The molecule has 0 radical (unpaired) electrons. The molecule has 7 nitrogen and oxygen atoms in total. The van der Waals surface area contributed by atoms with E-state index in [9.17, 15) is 9.18 Å². The fourth-order valence-corrected chi connectivity index (χ4v) is 4.89. The van der Waals surface area contributed by atoms with Gasteiger partial charge in [0.1, 0.15) is 22.6 Å².